The number of carboxylic acid groups (broad SMARTS) is 1. The Morgan fingerprint density at radius 3 is 2.61 bits per heavy atom. The fourth-order valence-electron chi connectivity index (χ4n) is 2.51. The average molecular weight is 258 g/mol. The first-order chi connectivity index (χ1) is 8.60. The van der Waals surface area contributed by atoms with Gasteiger partial charge >= 0.3 is 5.97 Å². The number of carbonyl (C=O) groups is 1. The number of likely N-dealkylation sites (N-methyl/N-ethyl adjacent to an activating group) is 1. The summed E-state index contributed by atoms with van der Waals surface area (Å²) in [7, 11) is 1.72. The van der Waals surface area contributed by atoms with Gasteiger partial charge in [-0.15, -0.1) is 0 Å². The first-order valence-electron chi connectivity index (χ1n) is 6.81. The van der Waals surface area contributed by atoms with E-state index < -0.39 is 5.97 Å². The Morgan fingerprint density at radius 1 is 1.50 bits per heavy atom. The molecule has 1 saturated carbocycles. The lowest BCUT2D eigenvalue weighted by Crippen LogP contribution is -2.56. The molecule has 0 heterocycles. The molecule has 1 unspecified atom stereocenters. The zero-order valence-electron chi connectivity index (χ0n) is 11.7. The van der Waals surface area contributed by atoms with Crippen LogP contribution < -0.4 is 5.32 Å². The Balaban J connectivity index is 2.27. The van der Waals surface area contributed by atoms with E-state index in [0.717, 1.165) is 32.4 Å². The predicted octanol–water partition coefficient (Wildman–Crippen LogP) is 0.939. The zero-order valence-corrected chi connectivity index (χ0v) is 11.7. The highest BCUT2D eigenvalue weighted by atomic mass is 16.5. The van der Waals surface area contributed by atoms with Gasteiger partial charge in [0.25, 0.3) is 0 Å². The van der Waals surface area contributed by atoms with Gasteiger partial charge in [0.1, 0.15) is 0 Å². The molecule has 1 aliphatic rings. The molecule has 0 aromatic carbocycles. The van der Waals surface area contributed by atoms with Crippen LogP contribution in [0.5, 0.6) is 0 Å². The Hall–Kier alpha value is -0.650. The van der Waals surface area contributed by atoms with Crippen LogP contribution in [0.4, 0.5) is 0 Å². The molecule has 5 heteroatoms. The van der Waals surface area contributed by atoms with E-state index in [1.54, 1.807) is 7.11 Å². The van der Waals surface area contributed by atoms with Crippen LogP contribution in [0, 0.1) is 0 Å². The molecule has 18 heavy (non-hydrogen) atoms. The first-order valence-corrected chi connectivity index (χ1v) is 6.81. The standard InChI is InChI=1S/C13H26N2O3/c1-4-10(9-18-3)14-11-6-12(7-11)15(5-2)8-13(16)17/h10-12,14H,4-9H2,1-3H3,(H,16,17). The molecule has 0 aromatic rings. The van der Waals surface area contributed by atoms with Crippen LogP contribution >= 0.6 is 0 Å². The minimum absolute atomic E-state index is 0.156. The number of hydrogen-bond acceptors (Lipinski definition) is 4. The van der Waals surface area contributed by atoms with Crippen LogP contribution in [0.1, 0.15) is 33.1 Å². The maximum atomic E-state index is 10.7. The Kier molecular flexibility index (Phi) is 6.60. The van der Waals surface area contributed by atoms with Gasteiger partial charge in [-0.3, -0.25) is 9.69 Å². The summed E-state index contributed by atoms with van der Waals surface area (Å²) in [6, 6.07) is 1.34. The maximum Gasteiger partial charge on any atom is 0.317 e. The number of aliphatic carboxylic acids is 1. The SMILES string of the molecule is CCC(COC)NC1CC(N(CC)CC(=O)O)C1. The molecule has 0 aliphatic heterocycles. The van der Waals surface area contributed by atoms with Gasteiger partial charge in [0.15, 0.2) is 0 Å². The van der Waals surface area contributed by atoms with Crippen molar-refractivity contribution in [1.29, 1.82) is 0 Å². The van der Waals surface area contributed by atoms with Gasteiger partial charge in [-0.1, -0.05) is 13.8 Å². The smallest absolute Gasteiger partial charge is 0.317 e. The predicted molar refractivity (Wildman–Crippen MR) is 70.8 cm³/mol. The van der Waals surface area contributed by atoms with E-state index in [9.17, 15) is 4.79 Å². The highest BCUT2D eigenvalue weighted by molar-refractivity contribution is 5.69. The van der Waals surface area contributed by atoms with Crippen molar-refractivity contribution in [2.45, 2.75) is 51.2 Å². The van der Waals surface area contributed by atoms with E-state index in [1.165, 1.54) is 0 Å². The fraction of sp³-hybridized carbons (Fsp3) is 0.923. The molecule has 0 spiro atoms. The quantitative estimate of drug-likeness (QED) is 0.644. The number of nitrogens with zero attached hydrogens (tertiary/aromatic N) is 1. The van der Waals surface area contributed by atoms with E-state index in [4.69, 9.17) is 9.84 Å². The van der Waals surface area contributed by atoms with Crippen molar-refractivity contribution in [2.75, 3.05) is 26.8 Å². The van der Waals surface area contributed by atoms with Crippen molar-refractivity contribution >= 4 is 5.97 Å². The van der Waals surface area contributed by atoms with Crippen molar-refractivity contribution in [2.24, 2.45) is 0 Å². The summed E-state index contributed by atoms with van der Waals surface area (Å²) >= 11 is 0. The molecule has 0 saturated heterocycles. The van der Waals surface area contributed by atoms with Gasteiger partial charge in [-0.2, -0.15) is 0 Å². The maximum absolute atomic E-state index is 10.7. The summed E-state index contributed by atoms with van der Waals surface area (Å²) in [4.78, 5) is 12.8. The van der Waals surface area contributed by atoms with E-state index >= 15 is 0 Å². The number of carboxylic acids is 1. The van der Waals surface area contributed by atoms with Crippen molar-refractivity contribution < 1.29 is 14.6 Å². The van der Waals surface area contributed by atoms with E-state index in [-0.39, 0.29) is 6.54 Å². The van der Waals surface area contributed by atoms with Crippen LogP contribution in [-0.4, -0.2) is 60.9 Å². The average Bonchev–Trinajstić information content (AvgIpc) is 2.29. The van der Waals surface area contributed by atoms with E-state index in [1.807, 2.05) is 11.8 Å². The number of methoxy groups -OCH3 is 1. The fourth-order valence-corrected chi connectivity index (χ4v) is 2.51. The van der Waals surface area contributed by atoms with Crippen LogP contribution in [0.15, 0.2) is 0 Å². The molecule has 1 aliphatic carbocycles. The number of rotatable bonds is 9. The monoisotopic (exact) mass is 258 g/mol. The van der Waals surface area contributed by atoms with E-state index in [2.05, 4.69) is 12.2 Å². The third kappa shape index (κ3) is 4.55. The van der Waals surface area contributed by atoms with Gasteiger partial charge in [0.2, 0.25) is 0 Å². The molecular formula is C13H26N2O3. The van der Waals surface area contributed by atoms with E-state index in [0.29, 0.717) is 18.1 Å². The zero-order chi connectivity index (χ0) is 13.5. The number of nitrogens with one attached hydrogen (secondary N) is 1. The van der Waals surface area contributed by atoms with Gasteiger partial charge in [-0.25, -0.2) is 0 Å². The van der Waals surface area contributed by atoms with Crippen LogP contribution in [-0.2, 0) is 9.53 Å². The minimum Gasteiger partial charge on any atom is -0.480 e. The second-order valence-corrected chi connectivity index (χ2v) is 5.01. The highest BCUT2D eigenvalue weighted by Gasteiger charge is 2.34. The molecule has 0 bridgehead atoms. The van der Waals surface area contributed by atoms with Crippen molar-refractivity contribution in [3.8, 4) is 0 Å². The topological polar surface area (TPSA) is 61.8 Å². The molecule has 1 fully saturated rings. The summed E-state index contributed by atoms with van der Waals surface area (Å²) in [5.74, 6) is -0.737. The normalized spacial score (nSPS) is 24.9. The summed E-state index contributed by atoms with van der Waals surface area (Å²) in [6.45, 7) is 5.87. The summed E-state index contributed by atoms with van der Waals surface area (Å²) in [6.07, 6.45) is 3.14. The third-order valence-corrected chi connectivity index (χ3v) is 3.71. The van der Waals surface area contributed by atoms with Crippen LogP contribution in [0.25, 0.3) is 0 Å². The van der Waals surface area contributed by atoms with Crippen LogP contribution in [0.2, 0.25) is 0 Å². The van der Waals surface area contributed by atoms with Gasteiger partial charge in [0.05, 0.1) is 13.2 Å². The number of ether oxygens (including phenoxy) is 1. The lowest BCUT2D eigenvalue weighted by molar-refractivity contribution is -0.139. The Labute approximate surface area is 109 Å². The lowest BCUT2D eigenvalue weighted by Gasteiger charge is -2.43. The molecule has 0 aromatic heterocycles. The first kappa shape index (κ1) is 15.4. The molecule has 106 valence electrons. The molecule has 2 N–H and O–H groups in total. The third-order valence-electron chi connectivity index (χ3n) is 3.71. The van der Waals surface area contributed by atoms with Crippen molar-refractivity contribution in [3.05, 3.63) is 0 Å². The van der Waals surface area contributed by atoms with Crippen molar-refractivity contribution in [1.82, 2.24) is 10.2 Å². The largest absolute Gasteiger partial charge is 0.480 e. The van der Waals surface area contributed by atoms with Crippen LogP contribution in [0.3, 0.4) is 0 Å². The summed E-state index contributed by atoms with van der Waals surface area (Å²) in [5.41, 5.74) is 0. The second kappa shape index (κ2) is 7.71. The molecular weight excluding hydrogens is 232 g/mol. The second-order valence-electron chi connectivity index (χ2n) is 5.01. The van der Waals surface area contributed by atoms with Gasteiger partial charge in [-0.05, 0) is 25.8 Å². The molecule has 0 radical (unpaired) electrons. The lowest BCUT2D eigenvalue weighted by atomic mass is 9.84. The number of hydrogen-bond donors (Lipinski definition) is 2. The Bertz CT molecular complexity index is 255. The van der Waals surface area contributed by atoms with Crippen molar-refractivity contribution in [3.63, 3.8) is 0 Å². The molecule has 1 rings (SSSR count). The van der Waals surface area contributed by atoms with Gasteiger partial charge < -0.3 is 15.2 Å². The van der Waals surface area contributed by atoms with Gasteiger partial charge in [0, 0.05) is 25.2 Å². The Morgan fingerprint density at radius 2 is 2.17 bits per heavy atom. The molecule has 5 nitrogen and oxygen atoms in total. The highest BCUT2D eigenvalue weighted by Crippen LogP contribution is 2.26. The minimum atomic E-state index is -0.737. The summed E-state index contributed by atoms with van der Waals surface area (Å²) in [5, 5.41) is 12.4. The summed E-state index contributed by atoms with van der Waals surface area (Å²) < 4.78 is 5.16. The molecule has 0 amide bonds. The molecule has 1 atom stereocenters.